The Hall–Kier alpha value is -2.95. The van der Waals surface area contributed by atoms with Crippen LogP contribution in [0.1, 0.15) is 61.3 Å². The number of pyridine rings is 1. The minimum absolute atomic E-state index is 0.0147. The van der Waals surface area contributed by atoms with Crippen LogP contribution in [-0.4, -0.2) is 45.7 Å². The van der Waals surface area contributed by atoms with Gasteiger partial charge in [0.2, 0.25) is 0 Å². The maximum Gasteiger partial charge on any atom is 0.278 e. The predicted molar refractivity (Wildman–Crippen MR) is 127 cm³/mol. The van der Waals surface area contributed by atoms with Gasteiger partial charge in [-0.2, -0.15) is 0 Å². The summed E-state index contributed by atoms with van der Waals surface area (Å²) in [6.07, 6.45) is 9.55. The summed E-state index contributed by atoms with van der Waals surface area (Å²) < 4.78 is 0. The minimum atomic E-state index is -0.119. The van der Waals surface area contributed by atoms with Gasteiger partial charge in [0.25, 0.3) is 11.8 Å². The molecule has 168 valence electrons. The fourth-order valence-electron chi connectivity index (χ4n) is 5.08. The lowest BCUT2D eigenvalue weighted by Gasteiger charge is -2.31. The smallest absolute Gasteiger partial charge is 0.278 e. The van der Waals surface area contributed by atoms with E-state index < -0.39 is 0 Å². The summed E-state index contributed by atoms with van der Waals surface area (Å²) in [5.41, 5.74) is 5.39. The molecular formula is C27H33N3O2. The second-order valence-corrected chi connectivity index (χ2v) is 9.00. The zero-order chi connectivity index (χ0) is 22.7. The molecule has 0 bridgehead atoms. The first-order valence-corrected chi connectivity index (χ1v) is 11.8. The lowest BCUT2D eigenvalue weighted by atomic mass is 9.94. The normalized spacial score (nSPS) is 17.4. The highest BCUT2D eigenvalue weighted by atomic mass is 16.2. The van der Waals surface area contributed by atoms with E-state index in [1.165, 1.54) is 12.0 Å². The molecule has 0 N–H and O–H groups in total. The molecule has 5 heteroatoms. The van der Waals surface area contributed by atoms with Gasteiger partial charge in [0.1, 0.15) is 5.70 Å². The molecule has 1 aliphatic carbocycles. The van der Waals surface area contributed by atoms with Gasteiger partial charge in [-0.25, -0.2) is 0 Å². The molecule has 1 aliphatic heterocycles. The number of nitrogens with zero attached hydrogens (tertiary/aromatic N) is 3. The average Bonchev–Trinajstić information content (AvgIpc) is 3.06. The fourth-order valence-corrected chi connectivity index (χ4v) is 5.08. The van der Waals surface area contributed by atoms with Crippen LogP contribution >= 0.6 is 0 Å². The number of aryl methyl sites for hydroxylation is 2. The van der Waals surface area contributed by atoms with Gasteiger partial charge >= 0.3 is 0 Å². The zero-order valence-electron chi connectivity index (χ0n) is 19.4. The van der Waals surface area contributed by atoms with E-state index in [-0.39, 0.29) is 17.9 Å². The van der Waals surface area contributed by atoms with Crippen molar-refractivity contribution in [3.63, 3.8) is 0 Å². The maximum absolute atomic E-state index is 13.8. The molecule has 0 unspecified atom stereocenters. The van der Waals surface area contributed by atoms with Crippen LogP contribution in [-0.2, 0) is 16.0 Å². The summed E-state index contributed by atoms with van der Waals surface area (Å²) in [5.74, 6) is -0.236. The molecule has 1 aromatic carbocycles. The predicted octanol–water partition coefficient (Wildman–Crippen LogP) is 4.68. The van der Waals surface area contributed by atoms with Gasteiger partial charge in [0, 0.05) is 31.5 Å². The minimum Gasteiger partial charge on any atom is -0.366 e. The summed E-state index contributed by atoms with van der Waals surface area (Å²) in [7, 11) is 0. The molecular weight excluding hydrogens is 398 g/mol. The van der Waals surface area contributed by atoms with Crippen molar-refractivity contribution < 1.29 is 9.59 Å². The molecule has 1 aromatic heterocycles. The Labute approximate surface area is 191 Å². The van der Waals surface area contributed by atoms with E-state index in [9.17, 15) is 9.59 Å². The average molecular weight is 432 g/mol. The zero-order valence-corrected chi connectivity index (χ0v) is 19.4. The Morgan fingerprint density at radius 1 is 1.00 bits per heavy atom. The highest BCUT2D eigenvalue weighted by molar-refractivity contribution is 6.36. The third-order valence-electron chi connectivity index (χ3n) is 6.80. The van der Waals surface area contributed by atoms with Crippen molar-refractivity contribution in [2.75, 3.05) is 13.1 Å². The molecule has 5 nitrogen and oxygen atoms in total. The summed E-state index contributed by atoms with van der Waals surface area (Å²) >= 11 is 0. The first kappa shape index (κ1) is 22.3. The van der Waals surface area contributed by atoms with Gasteiger partial charge in [0.15, 0.2) is 0 Å². The fraction of sp³-hybridized carbons (Fsp3) is 0.444. The Bertz CT molecular complexity index is 1020. The molecule has 0 atom stereocenters. The second kappa shape index (κ2) is 9.68. The number of hydrogen-bond donors (Lipinski definition) is 0. The summed E-state index contributed by atoms with van der Waals surface area (Å²) in [6, 6.07) is 10.1. The van der Waals surface area contributed by atoms with Gasteiger partial charge in [-0.05, 0) is 68.9 Å². The van der Waals surface area contributed by atoms with Crippen LogP contribution in [0.2, 0.25) is 0 Å². The van der Waals surface area contributed by atoms with Gasteiger partial charge in [-0.3, -0.25) is 19.5 Å². The number of benzene rings is 1. The molecule has 2 heterocycles. The van der Waals surface area contributed by atoms with Crippen molar-refractivity contribution in [2.24, 2.45) is 0 Å². The van der Waals surface area contributed by atoms with Gasteiger partial charge in [-0.1, -0.05) is 43.0 Å². The molecule has 1 saturated carbocycles. The molecule has 2 aromatic rings. The third kappa shape index (κ3) is 4.34. The molecule has 2 amide bonds. The summed E-state index contributed by atoms with van der Waals surface area (Å²) in [5, 5.41) is 0. The van der Waals surface area contributed by atoms with Crippen LogP contribution in [0, 0.1) is 13.8 Å². The van der Waals surface area contributed by atoms with E-state index in [1.807, 2.05) is 31.2 Å². The van der Waals surface area contributed by atoms with Crippen LogP contribution in [0.3, 0.4) is 0 Å². The Kier molecular flexibility index (Phi) is 6.73. The first-order chi connectivity index (χ1) is 15.5. The van der Waals surface area contributed by atoms with E-state index in [1.54, 1.807) is 17.3 Å². The number of imide groups is 1. The lowest BCUT2D eigenvalue weighted by molar-refractivity contribution is -0.141. The lowest BCUT2D eigenvalue weighted by Crippen LogP contribution is -2.43. The van der Waals surface area contributed by atoms with Gasteiger partial charge in [-0.15, -0.1) is 0 Å². The monoisotopic (exact) mass is 431 g/mol. The van der Waals surface area contributed by atoms with E-state index in [2.05, 4.69) is 29.8 Å². The second-order valence-electron chi connectivity index (χ2n) is 9.00. The van der Waals surface area contributed by atoms with Crippen molar-refractivity contribution in [3.05, 3.63) is 70.7 Å². The Morgan fingerprint density at radius 2 is 1.72 bits per heavy atom. The maximum atomic E-state index is 13.8. The van der Waals surface area contributed by atoms with Crippen molar-refractivity contribution in [1.29, 1.82) is 0 Å². The molecule has 0 saturated heterocycles. The van der Waals surface area contributed by atoms with Crippen molar-refractivity contribution in [1.82, 2.24) is 14.8 Å². The van der Waals surface area contributed by atoms with Crippen LogP contribution in [0.5, 0.6) is 0 Å². The molecule has 32 heavy (non-hydrogen) atoms. The Balaban J connectivity index is 1.73. The highest BCUT2D eigenvalue weighted by Gasteiger charge is 2.44. The molecule has 2 aliphatic rings. The van der Waals surface area contributed by atoms with Crippen LogP contribution < -0.4 is 0 Å². The molecule has 4 rings (SSSR count). The van der Waals surface area contributed by atoms with Crippen molar-refractivity contribution in [3.8, 4) is 0 Å². The number of rotatable bonds is 7. The molecule has 0 spiro atoms. The highest BCUT2D eigenvalue weighted by Crippen LogP contribution is 2.37. The molecule has 1 fully saturated rings. The first-order valence-electron chi connectivity index (χ1n) is 11.8. The van der Waals surface area contributed by atoms with Crippen LogP contribution in [0.15, 0.2) is 48.4 Å². The Morgan fingerprint density at radius 3 is 2.38 bits per heavy atom. The summed E-state index contributed by atoms with van der Waals surface area (Å²) in [4.78, 5) is 35.3. The number of carbonyl (C=O) groups is 2. The largest absolute Gasteiger partial charge is 0.366 e. The number of hydrogen-bond acceptors (Lipinski definition) is 4. The van der Waals surface area contributed by atoms with E-state index in [4.69, 9.17) is 0 Å². The SMILES string of the molecule is CCN(CCc1ccncc1)C1=C(c2ccc(C)cc2C)C(=O)N(C2CCCCC2)C1=O. The standard InChI is InChI=1S/C27H33N3O2/c1-4-29(17-14-21-12-15-28-16-13-21)25-24(23-11-10-19(2)18-20(23)3)26(31)30(27(25)32)22-8-6-5-7-9-22/h10-13,15-16,18,22H,4-9,14,17H2,1-3H3. The third-order valence-corrected chi connectivity index (χ3v) is 6.80. The summed E-state index contributed by atoms with van der Waals surface area (Å²) in [6.45, 7) is 7.49. The van der Waals surface area contributed by atoms with E-state index in [0.717, 1.165) is 48.8 Å². The van der Waals surface area contributed by atoms with Crippen molar-refractivity contribution >= 4 is 17.4 Å². The van der Waals surface area contributed by atoms with Gasteiger partial charge < -0.3 is 4.90 Å². The van der Waals surface area contributed by atoms with Gasteiger partial charge in [0.05, 0.1) is 5.57 Å². The topological polar surface area (TPSA) is 53.5 Å². The molecule has 0 radical (unpaired) electrons. The van der Waals surface area contributed by atoms with E-state index >= 15 is 0 Å². The van der Waals surface area contributed by atoms with Crippen molar-refractivity contribution in [2.45, 2.75) is 65.3 Å². The van der Waals surface area contributed by atoms with Crippen LogP contribution in [0.25, 0.3) is 5.57 Å². The van der Waals surface area contributed by atoms with Crippen LogP contribution in [0.4, 0.5) is 0 Å². The number of amides is 2. The number of likely N-dealkylation sites (N-methyl/N-ethyl adjacent to an activating group) is 1. The number of carbonyl (C=O) groups excluding carboxylic acids is 2. The quantitative estimate of drug-likeness (QED) is 0.598. The van der Waals surface area contributed by atoms with E-state index in [0.29, 0.717) is 24.4 Å². The number of aromatic nitrogens is 1.